The first kappa shape index (κ1) is 16.7. The fraction of sp³-hybridized carbons (Fsp3) is 0.438. The number of anilines is 2. The van der Waals surface area contributed by atoms with Crippen LogP contribution in [0.4, 0.5) is 11.6 Å². The molecule has 2 aromatic rings. The summed E-state index contributed by atoms with van der Waals surface area (Å²) >= 11 is 0. The Balaban J connectivity index is 1.86. The van der Waals surface area contributed by atoms with Gasteiger partial charge in [0, 0.05) is 39.4 Å². The van der Waals surface area contributed by atoms with Gasteiger partial charge in [0.05, 0.1) is 0 Å². The lowest BCUT2D eigenvalue weighted by atomic mass is 10.2. The normalized spacial score (nSPS) is 16.7. The second-order valence-corrected chi connectivity index (χ2v) is 5.99. The van der Waals surface area contributed by atoms with E-state index in [-0.39, 0.29) is 17.4 Å². The summed E-state index contributed by atoms with van der Waals surface area (Å²) in [6.07, 6.45) is 3.59. The van der Waals surface area contributed by atoms with Gasteiger partial charge in [-0.15, -0.1) is 5.10 Å². The first-order valence-corrected chi connectivity index (χ1v) is 8.03. The second kappa shape index (κ2) is 6.76. The molecule has 1 saturated heterocycles. The molecule has 1 aliphatic heterocycles. The van der Waals surface area contributed by atoms with Gasteiger partial charge in [-0.1, -0.05) is 0 Å². The van der Waals surface area contributed by atoms with E-state index < -0.39 is 11.2 Å². The molecule has 0 aliphatic carbocycles. The highest BCUT2D eigenvalue weighted by molar-refractivity contribution is 5.52. The Hall–Kier alpha value is -3.15. The van der Waals surface area contributed by atoms with Crippen LogP contribution in [0.25, 0.3) is 0 Å². The van der Waals surface area contributed by atoms with Crippen molar-refractivity contribution in [2.45, 2.75) is 18.9 Å². The zero-order chi connectivity index (χ0) is 18.0. The maximum absolute atomic E-state index is 12.1. The molecule has 1 atom stereocenters. The zero-order valence-corrected chi connectivity index (χ0v) is 14.1. The van der Waals surface area contributed by atoms with Crippen LogP contribution in [-0.2, 0) is 14.1 Å². The molecule has 0 spiro atoms. The van der Waals surface area contributed by atoms with Gasteiger partial charge in [-0.3, -0.25) is 13.9 Å². The molecule has 25 heavy (non-hydrogen) atoms. The van der Waals surface area contributed by atoms with Crippen molar-refractivity contribution in [1.29, 1.82) is 5.26 Å². The number of nitriles is 1. The third-order valence-corrected chi connectivity index (χ3v) is 4.51. The summed E-state index contributed by atoms with van der Waals surface area (Å²) in [6.45, 7) is 1.36. The summed E-state index contributed by atoms with van der Waals surface area (Å²) < 4.78 is 2.23. The Morgan fingerprint density at radius 3 is 2.84 bits per heavy atom. The van der Waals surface area contributed by atoms with Gasteiger partial charge in [0.1, 0.15) is 11.9 Å². The summed E-state index contributed by atoms with van der Waals surface area (Å²) in [6, 6.07) is 5.78. The fourth-order valence-corrected chi connectivity index (χ4v) is 3.16. The van der Waals surface area contributed by atoms with E-state index in [2.05, 4.69) is 20.4 Å². The Bertz CT molecular complexity index is 926. The van der Waals surface area contributed by atoms with Gasteiger partial charge in [-0.05, 0) is 25.0 Å². The van der Waals surface area contributed by atoms with E-state index in [1.165, 1.54) is 11.6 Å². The average Bonchev–Trinajstić information content (AvgIpc) is 3.11. The summed E-state index contributed by atoms with van der Waals surface area (Å²) in [5.74, 6) is 1.05. The van der Waals surface area contributed by atoms with E-state index >= 15 is 0 Å². The van der Waals surface area contributed by atoms with Crippen molar-refractivity contribution < 1.29 is 0 Å². The van der Waals surface area contributed by atoms with Crippen LogP contribution in [0.15, 0.2) is 27.9 Å². The minimum absolute atomic E-state index is 0.0614. The Morgan fingerprint density at radius 1 is 1.36 bits per heavy atom. The summed E-state index contributed by atoms with van der Waals surface area (Å²) in [5.41, 5.74) is -1.12. The van der Waals surface area contributed by atoms with Crippen molar-refractivity contribution in [3.8, 4) is 6.07 Å². The molecule has 0 radical (unpaired) electrons. The monoisotopic (exact) mass is 341 g/mol. The van der Waals surface area contributed by atoms with Crippen LogP contribution >= 0.6 is 0 Å². The number of hydrogen-bond donors (Lipinski definition) is 1. The predicted molar refractivity (Wildman–Crippen MR) is 92.5 cm³/mol. The van der Waals surface area contributed by atoms with Crippen molar-refractivity contribution in [2.24, 2.45) is 14.1 Å². The molecule has 1 unspecified atom stereocenters. The van der Waals surface area contributed by atoms with Crippen molar-refractivity contribution in [3.63, 3.8) is 0 Å². The number of rotatable bonds is 4. The highest BCUT2D eigenvalue weighted by Crippen LogP contribution is 2.23. The molecule has 0 bridgehead atoms. The van der Waals surface area contributed by atoms with E-state index in [9.17, 15) is 14.9 Å². The Kier molecular flexibility index (Phi) is 4.52. The van der Waals surface area contributed by atoms with Gasteiger partial charge in [0.2, 0.25) is 0 Å². The lowest BCUT2D eigenvalue weighted by molar-refractivity contribution is 0.660. The van der Waals surface area contributed by atoms with E-state index in [4.69, 9.17) is 0 Å². The lowest BCUT2D eigenvalue weighted by Gasteiger charge is -2.26. The van der Waals surface area contributed by atoms with Crippen molar-refractivity contribution in [2.75, 3.05) is 23.3 Å². The predicted octanol–water partition coefficient (Wildman–Crippen LogP) is -0.173. The first-order chi connectivity index (χ1) is 12.0. The molecular formula is C16H19N7O2. The van der Waals surface area contributed by atoms with Crippen LogP contribution in [-0.4, -0.2) is 38.5 Å². The molecule has 9 nitrogen and oxygen atoms in total. The lowest BCUT2D eigenvalue weighted by Crippen LogP contribution is -2.41. The van der Waals surface area contributed by atoms with Gasteiger partial charge in [0.25, 0.3) is 5.56 Å². The smallest absolute Gasteiger partial charge is 0.332 e. The Morgan fingerprint density at radius 2 is 2.16 bits per heavy atom. The van der Waals surface area contributed by atoms with Gasteiger partial charge in [-0.2, -0.15) is 10.4 Å². The minimum Gasteiger partial charge on any atom is -0.368 e. The average molecular weight is 341 g/mol. The highest BCUT2D eigenvalue weighted by atomic mass is 16.2. The second-order valence-electron chi connectivity index (χ2n) is 5.99. The number of aromatic nitrogens is 4. The van der Waals surface area contributed by atoms with Crippen LogP contribution in [0.1, 0.15) is 18.4 Å². The molecule has 2 aromatic heterocycles. The van der Waals surface area contributed by atoms with Gasteiger partial charge >= 0.3 is 5.69 Å². The van der Waals surface area contributed by atoms with Gasteiger partial charge in [0.15, 0.2) is 11.4 Å². The van der Waals surface area contributed by atoms with E-state index in [1.54, 1.807) is 13.2 Å². The molecule has 3 heterocycles. The topological polar surface area (TPSA) is 109 Å². The molecule has 0 saturated carbocycles. The number of nitrogens with one attached hydrogen (secondary N) is 1. The van der Waals surface area contributed by atoms with Crippen molar-refractivity contribution in [3.05, 3.63) is 44.7 Å². The third kappa shape index (κ3) is 2.98. The molecule has 0 amide bonds. The van der Waals surface area contributed by atoms with E-state index in [0.717, 1.165) is 29.8 Å². The van der Waals surface area contributed by atoms with E-state index in [0.29, 0.717) is 6.54 Å². The van der Waals surface area contributed by atoms with Crippen LogP contribution < -0.4 is 21.5 Å². The van der Waals surface area contributed by atoms with Crippen molar-refractivity contribution >= 4 is 11.6 Å². The maximum atomic E-state index is 12.1. The van der Waals surface area contributed by atoms with Gasteiger partial charge < -0.3 is 10.2 Å². The largest absolute Gasteiger partial charge is 0.368 e. The van der Waals surface area contributed by atoms with Crippen LogP contribution in [0.2, 0.25) is 0 Å². The highest BCUT2D eigenvalue weighted by Gasteiger charge is 2.26. The first-order valence-electron chi connectivity index (χ1n) is 8.03. The van der Waals surface area contributed by atoms with Crippen LogP contribution in [0.5, 0.6) is 0 Å². The minimum atomic E-state index is -0.592. The van der Waals surface area contributed by atoms with Crippen LogP contribution in [0.3, 0.4) is 0 Å². The third-order valence-electron chi connectivity index (χ3n) is 4.51. The standard InChI is InChI=1S/C16H19N7O2/c1-21-14(12(9-17)15(24)22(2)16(21)25)18-10-11-5-4-8-23(11)13-6-3-7-19-20-13/h3,6-7,11,18H,4-5,8,10H2,1-2H3. The van der Waals surface area contributed by atoms with Crippen molar-refractivity contribution in [1.82, 2.24) is 19.3 Å². The molecule has 9 heteroatoms. The molecule has 1 aliphatic rings. The quantitative estimate of drug-likeness (QED) is 0.822. The summed E-state index contributed by atoms with van der Waals surface area (Å²) in [7, 11) is 2.90. The summed E-state index contributed by atoms with van der Waals surface area (Å²) in [4.78, 5) is 26.4. The van der Waals surface area contributed by atoms with Gasteiger partial charge in [-0.25, -0.2) is 4.79 Å². The molecule has 3 rings (SSSR count). The SMILES string of the molecule is Cn1c(NCC2CCCN2c2cccnn2)c(C#N)c(=O)n(C)c1=O. The maximum Gasteiger partial charge on any atom is 0.332 e. The summed E-state index contributed by atoms with van der Waals surface area (Å²) in [5, 5.41) is 20.5. The fourth-order valence-electron chi connectivity index (χ4n) is 3.16. The molecule has 0 aromatic carbocycles. The zero-order valence-electron chi connectivity index (χ0n) is 14.1. The number of nitrogens with zero attached hydrogens (tertiary/aromatic N) is 6. The number of hydrogen-bond acceptors (Lipinski definition) is 7. The van der Waals surface area contributed by atoms with Crippen LogP contribution in [0, 0.1) is 11.3 Å². The molecule has 130 valence electrons. The van der Waals surface area contributed by atoms with E-state index in [1.807, 2.05) is 18.2 Å². The molecular weight excluding hydrogens is 322 g/mol. The molecule has 1 N–H and O–H groups in total. The molecule has 1 fully saturated rings. The Labute approximate surface area is 144 Å².